The van der Waals surface area contributed by atoms with Crippen molar-refractivity contribution >= 4 is 29.3 Å². The second-order valence-electron chi connectivity index (χ2n) is 7.46. The Balaban J connectivity index is 2.09. The van der Waals surface area contributed by atoms with Gasteiger partial charge in [0, 0.05) is 5.69 Å². The van der Waals surface area contributed by atoms with Crippen LogP contribution in [0.15, 0.2) is 54.6 Å². The molecule has 29 heavy (non-hydrogen) atoms. The number of alkyl carbamates (subject to hydrolysis) is 1. The van der Waals surface area contributed by atoms with Crippen molar-refractivity contribution in [3.05, 3.63) is 60.2 Å². The maximum atomic E-state index is 12.7. The zero-order valence-electron chi connectivity index (χ0n) is 17.1. The maximum absolute atomic E-state index is 12.7. The number of hydrogen-bond acceptors (Lipinski definition) is 4. The standard InChI is InChI=1S/C22H27N3O4/c1-5-17(25-21(28)29-22(2,3)4)20(27)24-18-14-10-9-13-16(18)19(26)23-15-11-7-6-8-12-15/h6-14,17H,5H2,1-4H3,(H,23,26)(H,24,27)(H,25,28)/t17-/m1/s1. The van der Waals surface area contributed by atoms with Gasteiger partial charge in [0.1, 0.15) is 11.6 Å². The third kappa shape index (κ3) is 6.95. The Morgan fingerprint density at radius 1 is 0.931 bits per heavy atom. The molecule has 0 heterocycles. The third-order valence-electron chi connectivity index (χ3n) is 3.88. The van der Waals surface area contributed by atoms with E-state index >= 15 is 0 Å². The van der Waals surface area contributed by atoms with Crippen LogP contribution in [0.2, 0.25) is 0 Å². The average molecular weight is 397 g/mol. The van der Waals surface area contributed by atoms with Gasteiger partial charge < -0.3 is 20.7 Å². The number of para-hydroxylation sites is 2. The van der Waals surface area contributed by atoms with E-state index in [-0.39, 0.29) is 5.91 Å². The smallest absolute Gasteiger partial charge is 0.408 e. The van der Waals surface area contributed by atoms with E-state index in [1.807, 2.05) is 18.2 Å². The Labute approximate surface area is 170 Å². The molecule has 0 bridgehead atoms. The van der Waals surface area contributed by atoms with Crippen LogP contribution in [-0.4, -0.2) is 29.6 Å². The molecule has 0 aromatic heterocycles. The zero-order valence-corrected chi connectivity index (χ0v) is 17.1. The van der Waals surface area contributed by atoms with Crippen molar-refractivity contribution in [1.82, 2.24) is 5.32 Å². The molecule has 3 amide bonds. The molecule has 7 heteroatoms. The first kappa shape index (κ1) is 21.9. The lowest BCUT2D eigenvalue weighted by molar-refractivity contribution is -0.118. The summed E-state index contributed by atoms with van der Waals surface area (Å²) in [5.74, 6) is -0.779. The molecular weight excluding hydrogens is 370 g/mol. The third-order valence-corrected chi connectivity index (χ3v) is 3.88. The molecule has 3 N–H and O–H groups in total. The van der Waals surface area contributed by atoms with Gasteiger partial charge >= 0.3 is 6.09 Å². The highest BCUT2D eigenvalue weighted by Gasteiger charge is 2.24. The van der Waals surface area contributed by atoms with Crippen LogP contribution >= 0.6 is 0 Å². The molecule has 0 spiro atoms. The summed E-state index contributed by atoms with van der Waals surface area (Å²) in [4.78, 5) is 37.3. The van der Waals surface area contributed by atoms with Gasteiger partial charge in [0.15, 0.2) is 0 Å². The maximum Gasteiger partial charge on any atom is 0.408 e. The van der Waals surface area contributed by atoms with Gasteiger partial charge in [-0.2, -0.15) is 0 Å². The lowest BCUT2D eigenvalue weighted by Gasteiger charge is -2.23. The molecule has 0 fully saturated rings. The van der Waals surface area contributed by atoms with Crippen LogP contribution < -0.4 is 16.0 Å². The van der Waals surface area contributed by atoms with E-state index in [0.717, 1.165) is 0 Å². The summed E-state index contributed by atoms with van der Waals surface area (Å²) >= 11 is 0. The molecule has 0 aliphatic heterocycles. The summed E-state index contributed by atoms with van der Waals surface area (Å²) in [6.45, 7) is 7.01. The first-order chi connectivity index (χ1) is 13.7. The van der Waals surface area contributed by atoms with E-state index in [1.54, 1.807) is 64.1 Å². The van der Waals surface area contributed by atoms with E-state index in [4.69, 9.17) is 4.74 Å². The monoisotopic (exact) mass is 397 g/mol. The molecule has 7 nitrogen and oxygen atoms in total. The zero-order chi connectivity index (χ0) is 21.4. The van der Waals surface area contributed by atoms with Crippen molar-refractivity contribution in [2.75, 3.05) is 10.6 Å². The summed E-state index contributed by atoms with van der Waals surface area (Å²) in [6, 6.07) is 14.9. The highest BCUT2D eigenvalue weighted by atomic mass is 16.6. The number of ether oxygens (including phenoxy) is 1. The highest BCUT2D eigenvalue weighted by Crippen LogP contribution is 2.18. The van der Waals surface area contributed by atoms with Gasteiger partial charge in [-0.15, -0.1) is 0 Å². The summed E-state index contributed by atoms with van der Waals surface area (Å²) in [5.41, 5.74) is 0.657. The number of benzene rings is 2. The largest absolute Gasteiger partial charge is 0.444 e. The minimum Gasteiger partial charge on any atom is -0.444 e. The molecule has 0 saturated carbocycles. The SMILES string of the molecule is CC[C@@H](NC(=O)OC(C)(C)C)C(=O)Nc1ccccc1C(=O)Nc1ccccc1. The van der Waals surface area contributed by atoms with Gasteiger partial charge in [-0.3, -0.25) is 9.59 Å². The van der Waals surface area contributed by atoms with E-state index < -0.39 is 23.6 Å². The number of rotatable bonds is 6. The molecule has 2 rings (SSSR count). The Bertz CT molecular complexity index is 860. The van der Waals surface area contributed by atoms with Crippen LogP contribution in [0.3, 0.4) is 0 Å². The Morgan fingerprint density at radius 2 is 1.55 bits per heavy atom. The van der Waals surface area contributed by atoms with Crippen molar-refractivity contribution < 1.29 is 19.1 Å². The van der Waals surface area contributed by atoms with Crippen LogP contribution in [0.5, 0.6) is 0 Å². The first-order valence-corrected chi connectivity index (χ1v) is 9.45. The van der Waals surface area contributed by atoms with Crippen LogP contribution in [-0.2, 0) is 9.53 Å². The molecular formula is C22H27N3O4. The van der Waals surface area contributed by atoms with Gasteiger partial charge in [0.25, 0.3) is 5.91 Å². The minimum atomic E-state index is -0.796. The molecule has 1 atom stereocenters. The van der Waals surface area contributed by atoms with Gasteiger partial charge in [0.05, 0.1) is 11.3 Å². The average Bonchev–Trinajstić information content (AvgIpc) is 2.65. The predicted molar refractivity (Wildman–Crippen MR) is 113 cm³/mol. The fourth-order valence-electron chi connectivity index (χ4n) is 2.53. The van der Waals surface area contributed by atoms with Crippen molar-refractivity contribution in [2.24, 2.45) is 0 Å². The van der Waals surface area contributed by atoms with E-state index in [0.29, 0.717) is 23.4 Å². The molecule has 2 aromatic rings. The summed E-state index contributed by atoms with van der Waals surface area (Å²) in [7, 11) is 0. The van der Waals surface area contributed by atoms with Crippen molar-refractivity contribution in [1.29, 1.82) is 0 Å². The second kappa shape index (κ2) is 9.73. The van der Waals surface area contributed by atoms with Crippen molar-refractivity contribution in [2.45, 2.75) is 45.8 Å². The quantitative estimate of drug-likeness (QED) is 0.681. The highest BCUT2D eigenvalue weighted by molar-refractivity contribution is 6.10. The van der Waals surface area contributed by atoms with E-state index in [9.17, 15) is 14.4 Å². The summed E-state index contributed by atoms with van der Waals surface area (Å²) < 4.78 is 5.20. The lowest BCUT2D eigenvalue weighted by Crippen LogP contribution is -2.45. The number of hydrogen-bond donors (Lipinski definition) is 3. The minimum absolute atomic E-state index is 0.317. The normalized spacial score (nSPS) is 11.9. The fourth-order valence-corrected chi connectivity index (χ4v) is 2.53. The van der Waals surface area contributed by atoms with Gasteiger partial charge in [-0.05, 0) is 51.5 Å². The number of nitrogens with one attached hydrogen (secondary N) is 3. The van der Waals surface area contributed by atoms with Crippen LogP contribution in [0, 0.1) is 0 Å². The molecule has 0 unspecified atom stereocenters. The Hall–Kier alpha value is -3.35. The molecule has 0 radical (unpaired) electrons. The van der Waals surface area contributed by atoms with Gasteiger partial charge in [-0.25, -0.2) is 4.79 Å². The van der Waals surface area contributed by atoms with Crippen LogP contribution in [0.1, 0.15) is 44.5 Å². The second-order valence-corrected chi connectivity index (χ2v) is 7.46. The number of carbonyl (C=O) groups is 3. The molecule has 0 aliphatic carbocycles. The van der Waals surface area contributed by atoms with Crippen molar-refractivity contribution in [3.8, 4) is 0 Å². The van der Waals surface area contributed by atoms with E-state index in [1.165, 1.54) is 0 Å². The summed E-state index contributed by atoms with van der Waals surface area (Å²) in [6.07, 6.45) is -0.307. The van der Waals surface area contributed by atoms with Gasteiger partial charge in [-0.1, -0.05) is 37.3 Å². The first-order valence-electron chi connectivity index (χ1n) is 9.45. The molecule has 0 saturated heterocycles. The Kier molecular flexibility index (Phi) is 7.36. The molecule has 154 valence electrons. The van der Waals surface area contributed by atoms with Crippen LogP contribution in [0.25, 0.3) is 0 Å². The topological polar surface area (TPSA) is 96.5 Å². The number of anilines is 2. The number of carbonyl (C=O) groups excluding carboxylic acids is 3. The molecule has 0 aliphatic rings. The Morgan fingerprint density at radius 3 is 2.17 bits per heavy atom. The van der Waals surface area contributed by atoms with Crippen molar-refractivity contribution in [3.63, 3.8) is 0 Å². The van der Waals surface area contributed by atoms with E-state index in [2.05, 4.69) is 16.0 Å². The summed E-state index contributed by atoms with van der Waals surface area (Å²) in [5, 5.41) is 8.08. The lowest BCUT2D eigenvalue weighted by atomic mass is 10.1. The fraction of sp³-hybridized carbons (Fsp3) is 0.318. The van der Waals surface area contributed by atoms with Gasteiger partial charge in [0.2, 0.25) is 5.91 Å². The molecule has 2 aromatic carbocycles. The van der Waals surface area contributed by atoms with Crippen LogP contribution in [0.4, 0.5) is 16.2 Å². The number of amides is 3. The predicted octanol–water partition coefficient (Wildman–Crippen LogP) is 4.18.